The summed E-state index contributed by atoms with van der Waals surface area (Å²) in [6.45, 7) is 0. The quantitative estimate of drug-likeness (QED) is 0.327. The number of hydrogen-bond acceptors (Lipinski definition) is 3. The summed E-state index contributed by atoms with van der Waals surface area (Å²) in [5, 5.41) is 9.38. The number of halogens is 2. The van der Waals surface area contributed by atoms with Gasteiger partial charge in [-0.3, -0.25) is 14.9 Å². The standard InChI is InChI=1S/C23H17Cl2N3O2S/c24-17-7-4-9-19(14-17)26-22(30)16-6-3-8-18(13-16)27-23(31)28-21(29)12-11-15-5-1-2-10-20(15)25/h1-14H,(H,26,30)(H2,27,28,29,31)/b12-11+. The summed E-state index contributed by atoms with van der Waals surface area (Å²) < 4.78 is 0. The van der Waals surface area contributed by atoms with E-state index in [-0.39, 0.29) is 11.0 Å². The van der Waals surface area contributed by atoms with Crippen molar-refractivity contribution >= 4 is 69.8 Å². The van der Waals surface area contributed by atoms with Crippen molar-refractivity contribution in [3.05, 3.63) is 100 Å². The maximum Gasteiger partial charge on any atom is 0.255 e. The van der Waals surface area contributed by atoms with E-state index in [1.165, 1.54) is 6.08 Å². The van der Waals surface area contributed by atoms with Crippen molar-refractivity contribution < 1.29 is 9.59 Å². The van der Waals surface area contributed by atoms with E-state index in [1.54, 1.807) is 66.7 Å². The summed E-state index contributed by atoms with van der Waals surface area (Å²) >= 11 is 17.2. The zero-order valence-corrected chi connectivity index (χ0v) is 18.4. The molecule has 0 unspecified atom stereocenters. The third kappa shape index (κ3) is 6.93. The van der Waals surface area contributed by atoms with E-state index in [2.05, 4.69) is 16.0 Å². The molecule has 0 heterocycles. The molecule has 3 aromatic carbocycles. The van der Waals surface area contributed by atoms with Crippen LogP contribution in [0.25, 0.3) is 6.08 Å². The first-order valence-electron chi connectivity index (χ1n) is 9.12. The zero-order valence-electron chi connectivity index (χ0n) is 16.1. The van der Waals surface area contributed by atoms with Crippen LogP contribution in [-0.4, -0.2) is 16.9 Å². The highest BCUT2D eigenvalue weighted by Gasteiger charge is 2.09. The molecule has 2 amide bonds. The molecule has 0 atom stereocenters. The van der Waals surface area contributed by atoms with Crippen molar-refractivity contribution in [1.82, 2.24) is 5.32 Å². The minimum atomic E-state index is -0.410. The molecular formula is C23H17Cl2N3O2S. The number of carbonyl (C=O) groups is 2. The van der Waals surface area contributed by atoms with Crippen molar-refractivity contribution in [3.8, 4) is 0 Å². The minimum absolute atomic E-state index is 0.0983. The molecule has 0 saturated heterocycles. The van der Waals surface area contributed by atoms with Crippen LogP contribution in [-0.2, 0) is 4.79 Å². The second-order valence-electron chi connectivity index (χ2n) is 6.34. The van der Waals surface area contributed by atoms with Crippen LogP contribution in [0.1, 0.15) is 15.9 Å². The van der Waals surface area contributed by atoms with Crippen LogP contribution < -0.4 is 16.0 Å². The second kappa shape index (κ2) is 10.7. The molecule has 156 valence electrons. The first kappa shape index (κ1) is 22.5. The van der Waals surface area contributed by atoms with Gasteiger partial charge < -0.3 is 10.6 Å². The molecule has 0 radical (unpaired) electrons. The lowest BCUT2D eigenvalue weighted by molar-refractivity contribution is -0.115. The lowest BCUT2D eigenvalue weighted by Gasteiger charge is -2.10. The fourth-order valence-corrected chi connectivity index (χ4v) is 3.21. The number of amides is 2. The van der Waals surface area contributed by atoms with Crippen molar-refractivity contribution in [1.29, 1.82) is 0 Å². The van der Waals surface area contributed by atoms with E-state index in [4.69, 9.17) is 35.4 Å². The summed E-state index contributed by atoms with van der Waals surface area (Å²) in [5.41, 5.74) is 2.28. The van der Waals surface area contributed by atoms with Crippen molar-refractivity contribution in [2.45, 2.75) is 0 Å². The van der Waals surface area contributed by atoms with Crippen LogP contribution in [0, 0.1) is 0 Å². The van der Waals surface area contributed by atoms with E-state index in [0.29, 0.717) is 27.0 Å². The van der Waals surface area contributed by atoms with Gasteiger partial charge in [-0.05, 0) is 66.3 Å². The normalized spacial score (nSPS) is 10.5. The van der Waals surface area contributed by atoms with Crippen molar-refractivity contribution in [2.24, 2.45) is 0 Å². The maximum atomic E-state index is 12.5. The predicted molar refractivity (Wildman–Crippen MR) is 131 cm³/mol. The molecule has 0 bridgehead atoms. The Labute approximate surface area is 195 Å². The number of benzene rings is 3. The molecular weight excluding hydrogens is 453 g/mol. The molecule has 0 saturated carbocycles. The number of rotatable bonds is 5. The van der Waals surface area contributed by atoms with Gasteiger partial charge in [0.2, 0.25) is 5.91 Å². The highest BCUT2D eigenvalue weighted by atomic mass is 35.5. The van der Waals surface area contributed by atoms with Gasteiger partial charge in [-0.1, -0.05) is 53.5 Å². The Morgan fingerprint density at radius 3 is 2.29 bits per heavy atom. The zero-order chi connectivity index (χ0) is 22.2. The van der Waals surface area contributed by atoms with Gasteiger partial charge in [-0.25, -0.2) is 0 Å². The van der Waals surface area contributed by atoms with Gasteiger partial charge in [-0.15, -0.1) is 0 Å². The molecule has 0 aliphatic heterocycles. The van der Waals surface area contributed by atoms with Crippen LogP contribution in [0.2, 0.25) is 10.0 Å². The molecule has 5 nitrogen and oxygen atoms in total. The summed E-state index contributed by atoms with van der Waals surface area (Å²) in [4.78, 5) is 24.6. The summed E-state index contributed by atoms with van der Waals surface area (Å²) in [6.07, 6.45) is 2.94. The highest BCUT2D eigenvalue weighted by molar-refractivity contribution is 7.80. The Morgan fingerprint density at radius 2 is 1.55 bits per heavy atom. The Balaban J connectivity index is 1.58. The summed E-state index contributed by atoms with van der Waals surface area (Å²) in [6, 6.07) is 20.8. The van der Waals surface area contributed by atoms with E-state index < -0.39 is 5.91 Å². The van der Waals surface area contributed by atoms with Crippen molar-refractivity contribution in [3.63, 3.8) is 0 Å². The number of carbonyl (C=O) groups excluding carboxylic acids is 2. The average molecular weight is 470 g/mol. The monoisotopic (exact) mass is 469 g/mol. The molecule has 0 spiro atoms. The minimum Gasteiger partial charge on any atom is -0.332 e. The molecule has 3 N–H and O–H groups in total. The number of thiocarbonyl (C=S) groups is 1. The van der Waals surface area contributed by atoms with Gasteiger partial charge in [0.05, 0.1) is 0 Å². The third-order valence-corrected chi connectivity index (χ3v) is 4.80. The first-order chi connectivity index (χ1) is 14.9. The molecule has 3 rings (SSSR count). The molecule has 8 heteroatoms. The van der Waals surface area contributed by atoms with Crippen LogP contribution in [0.4, 0.5) is 11.4 Å². The second-order valence-corrected chi connectivity index (χ2v) is 7.60. The smallest absolute Gasteiger partial charge is 0.255 e. The van der Waals surface area contributed by atoms with Crippen molar-refractivity contribution in [2.75, 3.05) is 10.6 Å². The summed E-state index contributed by atoms with van der Waals surface area (Å²) in [7, 11) is 0. The number of hydrogen-bond donors (Lipinski definition) is 3. The molecule has 0 aliphatic carbocycles. The SMILES string of the molecule is O=C(/C=C/c1ccccc1Cl)NC(=S)Nc1cccc(C(=O)Nc2cccc(Cl)c2)c1. The lowest BCUT2D eigenvalue weighted by Crippen LogP contribution is -2.32. The Morgan fingerprint density at radius 1 is 0.839 bits per heavy atom. The topological polar surface area (TPSA) is 70.2 Å². The Kier molecular flexibility index (Phi) is 7.78. The predicted octanol–water partition coefficient (Wildman–Crippen LogP) is 5.77. The first-order valence-corrected chi connectivity index (χ1v) is 10.3. The van der Waals surface area contributed by atoms with Gasteiger partial charge in [0.15, 0.2) is 5.11 Å². The fourth-order valence-electron chi connectivity index (χ4n) is 2.60. The van der Waals surface area contributed by atoms with Gasteiger partial charge in [0.25, 0.3) is 5.91 Å². The fraction of sp³-hybridized carbons (Fsp3) is 0. The van der Waals surface area contributed by atoms with Gasteiger partial charge in [0, 0.05) is 33.1 Å². The Hall–Kier alpha value is -3.19. The van der Waals surface area contributed by atoms with Crippen LogP contribution in [0.15, 0.2) is 78.9 Å². The molecule has 3 aromatic rings. The van der Waals surface area contributed by atoms with E-state index in [1.807, 2.05) is 12.1 Å². The highest BCUT2D eigenvalue weighted by Crippen LogP contribution is 2.18. The molecule has 0 aliphatic rings. The number of nitrogens with one attached hydrogen (secondary N) is 3. The van der Waals surface area contributed by atoms with E-state index in [0.717, 1.165) is 5.56 Å². The van der Waals surface area contributed by atoms with E-state index >= 15 is 0 Å². The van der Waals surface area contributed by atoms with Crippen LogP contribution >= 0.6 is 35.4 Å². The van der Waals surface area contributed by atoms with E-state index in [9.17, 15) is 9.59 Å². The third-order valence-electron chi connectivity index (χ3n) is 4.02. The maximum absolute atomic E-state index is 12.5. The summed E-state index contributed by atoms with van der Waals surface area (Å²) in [5.74, 6) is -0.712. The lowest BCUT2D eigenvalue weighted by atomic mass is 10.2. The largest absolute Gasteiger partial charge is 0.332 e. The Bertz CT molecular complexity index is 1160. The van der Waals surface area contributed by atoms with Gasteiger partial charge in [0.1, 0.15) is 0 Å². The van der Waals surface area contributed by atoms with Crippen LogP contribution in [0.5, 0.6) is 0 Å². The van der Waals surface area contributed by atoms with Gasteiger partial charge in [-0.2, -0.15) is 0 Å². The number of anilines is 2. The van der Waals surface area contributed by atoms with Crippen LogP contribution in [0.3, 0.4) is 0 Å². The average Bonchev–Trinajstić information content (AvgIpc) is 2.73. The molecule has 0 aromatic heterocycles. The molecule has 31 heavy (non-hydrogen) atoms. The molecule has 0 fully saturated rings. The van der Waals surface area contributed by atoms with Gasteiger partial charge >= 0.3 is 0 Å².